The van der Waals surface area contributed by atoms with Crippen molar-refractivity contribution in [1.82, 2.24) is 10.2 Å². The average molecular weight is 494 g/mol. The Morgan fingerprint density at radius 1 is 1.08 bits per heavy atom. The number of unbranched alkanes of at least 4 members (excludes halogenated alkanes) is 2. The SMILES string of the molecule is CCCCC1(CCCC)N=C(N)CN(Cc2ccc(CNC(=O)Nc3cccc(OC)c3)cc2)C1=O. The molecule has 0 aliphatic carbocycles. The number of nitrogens with two attached hydrogens (primary N) is 1. The summed E-state index contributed by atoms with van der Waals surface area (Å²) in [5.41, 5.74) is 8.14. The summed E-state index contributed by atoms with van der Waals surface area (Å²) < 4.78 is 5.18. The van der Waals surface area contributed by atoms with Crippen molar-refractivity contribution in [2.75, 3.05) is 19.0 Å². The van der Waals surface area contributed by atoms with Gasteiger partial charge in [-0.3, -0.25) is 9.79 Å². The molecule has 0 atom stereocenters. The predicted octanol–water partition coefficient (Wildman–Crippen LogP) is 4.84. The molecule has 8 nitrogen and oxygen atoms in total. The van der Waals surface area contributed by atoms with Crippen LogP contribution in [0.5, 0.6) is 5.75 Å². The molecule has 8 heteroatoms. The second-order valence-corrected chi connectivity index (χ2v) is 9.36. The highest BCUT2D eigenvalue weighted by Crippen LogP contribution is 2.32. The lowest BCUT2D eigenvalue weighted by Crippen LogP contribution is -2.55. The number of aliphatic imine (C=N–C) groups is 1. The summed E-state index contributed by atoms with van der Waals surface area (Å²) >= 11 is 0. The van der Waals surface area contributed by atoms with Crippen molar-refractivity contribution in [3.63, 3.8) is 0 Å². The van der Waals surface area contributed by atoms with Crippen molar-refractivity contribution in [2.45, 2.75) is 71.0 Å². The van der Waals surface area contributed by atoms with E-state index in [9.17, 15) is 9.59 Å². The van der Waals surface area contributed by atoms with Crippen molar-refractivity contribution in [3.8, 4) is 5.75 Å². The maximum absolute atomic E-state index is 13.5. The van der Waals surface area contributed by atoms with Crippen molar-refractivity contribution in [2.24, 2.45) is 10.7 Å². The molecule has 2 aromatic carbocycles. The molecule has 0 fully saturated rings. The maximum Gasteiger partial charge on any atom is 0.319 e. The Balaban J connectivity index is 1.58. The molecule has 0 radical (unpaired) electrons. The van der Waals surface area contributed by atoms with E-state index >= 15 is 0 Å². The van der Waals surface area contributed by atoms with Gasteiger partial charge in [-0.25, -0.2) is 4.79 Å². The molecule has 194 valence electrons. The molecule has 0 saturated heterocycles. The fourth-order valence-corrected chi connectivity index (χ4v) is 4.48. The minimum absolute atomic E-state index is 0.0820. The number of ether oxygens (including phenoxy) is 1. The number of nitrogens with one attached hydrogen (secondary N) is 2. The molecular formula is C28H39N5O3. The van der Waals surface area contributed by atoms with E-state index in [4.69, 9.17) is 15.5 Å². The van der Waals surface area contributed by atoms with Gasteiger partial charge in [0.1, 0.15) is 17.1 Å². The molecule has 1 aliphatic rings. The highest BCUT2D eigenvalue weighted by atomic mass is 16.5. The number of hydrogen-bond donors (Lipinski definition) is 3. The summed E-state index contributed by atoms with van der Waals surface area (Å²) in [5, 5.41) is 5.66. The largest absolute Gasteiger partial charge is 0.497 e. The van der Waals surface area contributed by atoms with Gasteiger partial charge >= 0.3 is 6.03 Å². The Bertz CT molecular complexity index is 1040. The number of methoxy groups -OCH3 is 1. The predicted molar refractivity (Wildman–Crippen MR) is 144 cm³/mol. The normalized spacial score (nSPS) is 14.8. The molecule has 0 spiro atoms. The van der Waals surface area contributed by atoms with Crippen LogP contribution in [-0.2, 0) is 17.9 Å². The highest BCUT2D eigenvalue weighted by molar-refractivity contribution is 5.97. The van der Waals surface area contributed by atoms with E-state index in [1.54, 1.807) is 19.2 Å². The molecule has 0 unspecified atom stereocenters. The lowest BCUT2D eigenvalue weighted by Gasteiger charge is -2.39. The molecule has 2 aromatic rings. The van der Waals surface area contributed by atoms with Crippen LogP contribution in [0, 0.1) is 0 Å². The van der Waals surface area contributed by atoms with Crippen LogP contribution in [0.1, 0.15) is 63.5 Å². The minimum atomic E-state index is -0.728. The van der Waals surface area contributed by atoms with Gasteiger partial charge in [0.25, 0.3) is 5.91 Å². The summed E-state index contributed by atoms with van der Waals surface area (Å²) in [7, 11) is 1.59. The van der Waals surface area contributed by atoms with Gasteiger partial charge in [-0.15, -0.1) is 0 Å². The van der Waals surface area contributed by atoms with E-state index in [1.807, 2.05) is 41.3 Å². The summed E-state index contributed by atoms with van der Waals surface area (Å²) in [6, 6.07) is 14.8. The number of benzene rings is 2. The first kappa shape index (κ1) is 27.0. The monoisotopic (exact) mass is 493 g/mol. The van der Waals surface area contributed by atoms with Crippen LogP contribution in [-0.4, -0.2) is 41.9 Å². The van der Waals surface area contributed by atoms with E-state index in [-0.39, 0.29) is 11.9 Å². The number of anilines is 1. The van der Waals surface area contributed by atoms with Crippen LogP contribution in [0.25, 0.3) is 0 Å². The molecule has 3 amide bonds. The molecule has 1 heterocycles. The zero-order valence-electron chi connectivity index (χ0n) is 21.7. The number of amidine groups is 1. The number of carbonyl (C=O) groups excluding carboxylic acids is 2. The standard InChI is InChI=1S/C28H39N5O3/c1-4-6-15-28(16-7-5-2)26(34)33(20-25(29)32-28)19-22-13-11-21(12-14-22)18-30-27(35)31-23-9-8-10-24(17-23)36-3/h8-14,17H,4-7,15-16,18-20H2,1-3H3,(H2,29,32)(H2,30,31,35). The van der Waals surface area contributed by atoms with Crippen molar-refractivity contribution < 1.29 is 14.3 Å². The van der Waals surface area contributed by atoms with Gasteiger partial charge in [0, 0.05) is 24.8 Å². The highest BCUT2D eigenvalue weighted by Gasteiger charge is 2.43. The Labute approximate surface area is 214 Å². The Morgan fingerprint density at radius 2 is 1.75 bits per heavy atom. The maximum atomic E-state index is 13.5. The van der Waals surface area contributed by atoms with Crippen molar-refractivity contribution in [1.29, 1.82) is 0 Å². The quantitative estimate of drug-likeness (QED) is 0.393. The fourth-order valence-electron chi connectivity index (χ4n) is 4.48. The summed E-state index contributed by atoms with van der Waals surface area (Å²) in [6.45, 7) is 5.48. The third kappa shape index (κ3) is 7.23. The van der Waals surface area contributed by atoms with Gasteiger partial charge in [0.2, 0.25) is 0 Å². The summed E-state index contributed by atoms with van der Waals surface area (Å²) in [6.07, 6.45) is 5.41. The van der Waals surface area contributed by atoms with Gasteiger partial charge in [-0.1, -0.05) is 69.9 Å². The molecule has 1 aliphatic heterocycles. The zero-order valence-corrected chi connectivity index (χ0v) is 21.7. The van der Waals surface area contributed by atoms with Crippen LogP contribution in [0.15, 0.2) is 53.5 Å². The van der Waals surface area contributed by atoms with E-state index < -0.39 is 5.54 Å². The number of nitrogens with zero attached hydrogens (tertiary/aromatic N) is 2. The van der Waals surface area contributed by atoms with Gasteiger partial charge in [0.15, 0.2) is 0 Å². The average Bonchev–Trinajstić information content (AvgIpc) is 2.88. The topological polar surface area (TPSA) is 109 Å². The molecular weight excluding hydrogens is 454 g/mol. The number of urea groups is 1. The summed E-state index contributed by atoms with van der Waals surface area (Å²) in [4.78, 5) is 32.3. The number of carbonyl (C=O) groups is 2. The van der Waals surface area contributed by atoms with Crippen molar-refractivity contribution in [3.05, 3.63) is 59.7 Å². The number of amides is 3. The first-order chi connectivity index (χ1) is 17.4. The molecule has 4 N–H and O–H groups in total. The molecule has 36 heavy (non-hydrogen) atoms. The van der Waals surface area contributed by atoms with Crippen LogP contribution in [0.4, 0.5) is 10.5 Å². The lowest BCUT2D eigenvalue weighted by molar-refractivity contribution is -0.138. The number of hydrogen-bond acceptors (Lipinski definition) is 5. The van der Waals surface area contributed by atoms with E-state index in [2.05, 4.69) is 24.5 Å². The van der Waals surface area contributed by atoms with E-state index in [0.29, 0.717) is 36.9 Å². The lowest BCUT2D eigenvalue weighted by atomic mass is 9.85. The third-order valence-corrected chi connectivity index (χ3v) is 6.46. The van der Waals surface area contributed by atoms with Crippen LogP contribution >= 0.6 is 0 Å². The second-order valence-electron chi connectivity index (χ2n) is 9.36. The van der Waals surface area contributed by atoms with Gasteiger partial charge in [0.05, 0.1) is 13.7 Å². The van der Waals surface area contributed by atoms with Gasteiger partial charge < -0.3 is 26.0 Å². The second kappa shape index (κ2) is 13.0. The van der Waals surface area contributed by atoms with Gasteiger partial charge in [-0.2, -0.15) is 0 Å². The van der Waals surface area contributed by atoms with E-state index in [0.717, 1.165) is 49.7 Å². The summed E-state index contributed by atoms with van der Waals surface area (Å²) in [5.74, 6) is 1.29. The Hall–Kier alpha value is -3.55. The Morgan fingerprint density at radius 3 is 2.39 bits per heavy atom. The van der Waals surface area contributed by atoms with Crippen molar-refractivity contribution >= 4 is 23.5 Å². The van der Waals surface area contributed by atoms with Gasteiger partial charge in [-0.05, 0) is 36.1 Å². The van der Waals surface area contributed by atoms with Crippen LogP contribution in [0.2, 0.25) is 0 Å². The zero-order chi connectivity index (χ0) is 26.0. The fraction of sp³-hybridized carbons (Fsp3) is 0.464. The smallest absolute Gasteiger partial charge is 0.319 e. The minimum Gasteiger partial charge on any atom is -0.497 e. The van der Waals surface area contributed by atoms with Crippen LogP contribution in [0.3, 0.4) is 0 Å². The van der Waals surface area contributed by atoms with Crippen LogP contribution < -0.4 is 21.1 Å². The van der Waals surface area contributed by atoms with E-state index in [1.165, 1.54) is 0 Å². The molecule has 3 rings (SSSR count). The molecule has 0 bridgehead atoms. The Kier molecular flexibility index (Phi) is 9.73. The molecule has 0 aromatic heterocycles. The molecule has 0 saturated carbocycles. The number of rotatable bonds is 12. The first-order valence-electron chi connectivity index (χ1n) is 12.8. The third-order valence-electron chi connectivity index (χ3n) is 6.46. The first-order valence-corrected chi connectivity index (χ1v) is 12.8.